The molecular formula is C16H15NO7S2. The number of thiophene rings is 1. The minimum atomic E-state index is -1.28. The topological polar surface area (TPSA) is 110 Å². The summed E-state index contributed by atoms with van der Waals surface area (Å²) in [5, 5.41) is 10.7. The molecule has 0 radical (unpaired) electrons. The normalized spacial score (nSPS) is 21.7. The minimum Gasteiger partial charge on any atom is -0.477 e. The number of rotatable bonds is 6. The average molecular weight is 397 g/mol. The quantitative estimate of drug-likeness (QED) is 0.560. The van der Waals surface area contributed by atoms with Gasteiger partial charge in [0.25, 0.3) is 5.91 Å². The summed E-state index contributed by atoms with van der Waals surface area (Å²) >= 11 is 2.69. The highest BCUT2D eigenvalue weighted by Gasteiger charge is 2.55. The highest BCUT2D eigenvalue weighted by molar-refractivity contribution is 8.00. The first-order valence-corrected chi connectivity index (χ1v) is 9.56. The molecule has 3 rings (SSSR count). The molecule has 0 aliphatic carbocycles. The number of carbonyl (C=O) groups is 4. The molecule has 138 valence electrons. The lowest BCUT2D eigenvalue weighted by molar-refractivity contribution is -0.174. The summed E-state index contributed by atoms with van der Waals surface area (Å²) in [5.74, 6) is -2.67. The molecule has 0 spiro atoms. The van der Waals surface area contributed by atoms with Crippen LogP contribution in [0, 0.1) is 0 Å². The fraction of sp³-hybridized carbons (Fsp3) is 0.375. The van der Waals surface area contributed by atoms with E-state index < -0.39 is 35.3 Å². The Labute approximate surface area is 156 Å². The van der Waals surface area contributed by atoms with Crippen molar-refractivity contribution < 1.29 is 33.8 Å². The SMILES string of the molecule is CC(=O)OCC1=C(C(=O)O)N2C(=O)[C@@H](OC(=O)Cc3cccs3)[C@H]2SC1. The van der Waals surface area contributed by atoms with Crippen LogP contribution in [0.25, 0.3) is 0 Å². The smallest absolute Gasteiger partial charge is 0.352 e. The number of carboxylic acids is 1. The maximum atomic E-state index is 12.4. The van der Waals surface area contributed by atoms with E-state index in [4.69, 9.17) is 9.47 Å². The zero-order valence-electron chi connectivity index (χ0n) is 13.7. The molecule has 10 heteroatoms. The molecule has 2 aliphatic rings. The van der Waals surface area contributed by atoms with Gasteiger partial charge in [0.1, 0.15) is 17.7 Å². The fourth-order valence-corrected chi connectivity index (χ4v) is 4.65. The molecule has 0 saturated carbocycles. The van der Waals surface area contributed by atoms with Crippen LogP contribution in [0.15, 0.2) is 28.8 Å². The minimum absolute atomic E-state index is 0.0676. The van der Waals surface area contributed by atoms with Crippen molar-refractivity contribution in [2.45, 2.75) is 24.8 Å². The Bertz CT molecular complexity index is 787. The highest BCUT2D eigenvalue weighted by atomic mass is 32.2. The van der Waals surface area contributed by atoms with E-state index in [9.17, 15) is 24.3 Å². The average Bonchev–Trinajstić information content (AvgIpc) is 3.09. The molecule has 1 fully saturated rings. The van der Waals surface area contributed by atoms with Gasteiger partial charge in [-0.05, 0) is 11.4 Å². The number of esters is 2. The lowest BCUT2D eigenvalue weighted by Crippen LogP contribution is -2.66. The first kappa shape index (κ1) is 18.5. The van der Waals surface area contributed by atoms with E-state index in [-0.39, 0.29) is 24.5 Å². The van der Waals surface area contributed by atoms with E-state index in [1.807, 2.05) is 11.4 Å². The Morgan fingerprint density at radius 3 is 2.77 bits per heavy atom. The molecule has 2 atom stereocenters. The van der Waals surface area contributed by atoms with Crippen molar-refractivity contribution in [2.24, 2.45) is 0 Å². The number of nitrogens with zero attached hydrogens (tertiary/aromatic N) is 1. The maximum absolute atomic E-state index is 12.4. The second-order valence-electron chi connectivity index (χ2n) is 5.61. The largest absolute Gasteiger partial charge is 0.477 e. The van der Waals surface area contributed by atoms with Crippen molar-refractivity contribution in [1.82, 2.24) is 4.90 Å². The van der Waals surface area contributed by atoms with Crippen LogP contribution in [-0.2, 0) is 35.1 Å². The summed E-state index contributed by atoms with van der Waals surface area (Å²) in [5.41, 5.74) is 0.135. The Morgan fingerprint density at radius 2 is 2.15 bits per heavy atom. The van der Waals surface area contributed by atoms with Crippen molar-refractivity contribution in [3.05, 3.63) is 33.7 Å². The third kappa shape index (κ3) is 3.61. The number of fused-ring (bicyclic) bond motifs is 1. The number of hydrogen-bond donors (Lipinski definition) is 1. The predicted molar refractivity (Wildman–Crippen MR) is 92.3 cm³/mol. The molecular weight excluding hydrogens is 382 g/mol. The van der Waals surface area contributed by atoms with Crippen molar-refractivity contribution in [1.29, 1.82) is 0 Å². The molecule has 8 nitrogen and oxygen atoms in total. The van der Waals surface area contributed by atoms with E-state index in [1.54, 1.807) is 6.07 Å². The second kappa shape index (κ2) is 7.50. The molecule has 1 saturated heterocycles. The van der Waals surface area contributed by atoms with Gasteiger partial charge in [0.15, 0.2) is 0 Å². The molecule has 2 aliphatic heterocycles. The van der Waals surface area contributed by atoms with E-state index in [2.05, 4.69) is 0 Å². The number of β-lactam (4-membered cyclic amide) rings is 1. The summed E-state index contributed by atoms with van der Waals surface area (Å²) in [7, 11) is 0. The van der Waals surface area contributed by atoms with Gasteiger partial charge in [0, 0.05) is 23.1 Å². The van der Waals surface area contributed by atoms with Gasteiger partial charge in [-0.15, -0.1) is 23.1 Å². The van der Waals surface area contributed by atoms with E-state index in [1.165, 1.54) is 30.0 Å². The summed E-state index contributed by atoms with van der Waals surface area (Å²) in [4.78, 5) is 48.8. The van der Waals surface area contributed by atoms with Crippen LogP contribution in [-0.4, -0.2) is 57.7 Å². The molecule has 1 aromatic heterocycles. The van der Waals surface area contributed by atoms with Crippen LogP contribution in [0.3, 0.4) is 0 Å². The summed E-state index contributed by atoms with van der Waals surface area (Å²) in [6, 6.07) is 3.61. The number of amides is 1. The van der Waals surface area contributed by atoms with Gasteiger partial charge in [-0.25, -0.2) is 4.79 Å². The third-order valence-electron chi connectivity index (χ3n) is 3.81. The Kier molecular flexibility index (Phi) is 5.33. The van der Waals surface area contributed by atoms with E-state index in [0.717, 1.165) is 9.78 Å². The second-order valence-corrected chi connectivity index (χ2v) is 7.75. The van der Waals surface area contributed by atoms with Gasteiger partial charge in [-0.2, -0.15) is 0 Å². The number of thioether (sulfide) groups is 1. The Balaban J connectivity index is 1.69. The van der Waals surface area contributed by atoms with Crippen LogP contribution >= 0.6 is 23.1 Å². The van der Waals surface area contributed by atoms with Gasteiger partial charge < -0.3 is 14.6 Å². The third-order valence-corrected chi connectivity index (χ3v) is 6.00. The van der Waals surface area contributed by atoms with E-state index >= 15 is 0 Å². The molecule has 1 aromatic rings. The van der Waals surface area contributed by atoms with Crippen LogP contribution in [0.1, 0.15) is 11.8 Å². The maximum Gasteiger partial charge on any atom is 0.352 e. The van der Waals surface area contributed by atoms with Gasteiger partial charge in [-0.3, -0.25) is 19.3 Å². The number of carboxylic acid groups (broad SMARTS) is 1. The number of hydrogen-bond acceptors (Lipinski definition) is 8. The molecule has 0 aromatic carbocycles. The number of carbonyl (C=O) groups excluding carboxylic acids is 3. The molecule has 0 bridgehead atoms. The van der Waals surface area contributed by atoms with Gasteiger partial charge in [-0.1, -0.05) is 6.07 Å². The molecule has 1 N–H and O–H groups in total. The fourth-order valence-electron chi connectivity index (χ4n) is 2.66. The molecule has 26 heavy (non-hydrogen) atoms. The first-order chi connectivity index (χ1) is 12.4. The van der Waals surface area contributed by atoms with Crippen molar-refractivity contribution >= 4 is 46.9 Å². The van der Waals surface area contributed by atoms with Crippen molar-refractivity contribution in [2.75, 3.05) is 12.4 Å². The monoisotopic (exact) mass is 397 g/mol. The van der Waals surface area contributed by atoms with Gasteiger partial charge in [0.2, 0.25) is 6.10 Å². The van der Waals surface area contributed by atoms with Crippen LogP contribution in [0.2, 0.25) is 0 Å². The Hall–Kier alpha value is -2.33. The zero-order chi connectivity index (χ0) is 18.8. The standard InChI is InChI=1S/C16H15NO7S2/c1-8(18)23-6-9-7-26-15-13(14(20)17(15)12(9)16(21)22)24-11(19)5-10-3-2-4-25-10/h2-4,13,15H,5-7H2,1H3,(H,21,22)/t13-,15-/m1/s1. The molecule has 1 amide bonds. The first-order valence-electron chi connectivity index (χ1n) is 7.63. The summed E-state index contributed by atoms with van der Waals surface area (Å²) < 4.78 is 10.1. The van der Waals surface area contributed by atoms with Crippen LogP contribution in [0.4, 0.5) is 0 Å². The summed E-state index contributed by atoms with van der Waals surface area (Å²) in [6.45, 7) is 1.03. The van der Waals surface area contributed by atoms with Gasteiger partial charge in [0.05, 0.1) is 6.42 Å². The molecule has 3 heterocycles. The lowest BCUT2D eigenvalue weighted by Gasteiger charge is -2.48. The van der Waals surface area contributed by atoms with Crippen molar-refractivity contribution in [3.8, 4) is 0 Å². The van der Waals surface area contributed by atoms with Gasteiger partial charge >= 0.3 is 17.9 Å². The summed E-state index contributed by atoms with van der Waals surface area (Å²) in [6.07, 6.45) is -0.935. The molecule has 0 unspecified atom stereocenters. The van der Waals surface area contributed by atoms with Crippen LogP contribution < -0.4 is 0 Å². The highest BCUT2D eigenvalue weighted by Crippen LogP contribution is 2.41. The zero-order valence-corrected chi connectivity index (χ0v) is 15.3. The Morgan fingerprint density at radius 1 is 1.38 bits per heavy atom. The predicted octanol–water partition coefficient (Wildman–Crippen LogP) is 1.02. The van der Waals surface area contributed by atoms with Crippen molar-refractivity contribution in [3.63, 3.8) is 0 Å². The number of aliphatic carboxylic acids is 1. The lowest BCUT2D eigenvalue weighted by atomic mass is 10.1. The number of ether oxygens (including phenoxy) is 2. The van der Waals surface area contributed by atoms with E-state index in [0.29, 0.717) is 5.57 Å². The van der Waals surface area contributed by atoms with Crippen LogP contribution in [0.5, 0.6) is 0 Å².